The fourth-order valence-electron chi connectivity index (χ4n) is 6.02. The molecule has 0 aromatic heterocycles. The number of aliphatic hydroxyl groups excluding tert-OH is 1. The Balaban J connectivity index is 2.31. The lowest BCUT2D eigenvalue weighted by Crippen LogP contribution is -2.59. The van der Waals surface area contributed by atoms with Crippen molar-refractivity contribution >= 4 is 23.9 Å². The number of unbranched alkanes of at least 4 members (excludes halogenated alkanes) is 1. The average molecular weight is 703 g/mol. The van der Waals surface area contributed by atoms with Gasteiger partial charge < -0.3 is 33.5 Å². The number of hydrogen-bond acceptors (Lipinski definition) is 11. The minimum absolute atomic E-state index is 0.0826. The van der Waals surface area contributed by atoms with Crippen LogP contribution in [0, 0.1) is 11.8 Å². The summed E-state index contributed by atoms with van der Waals surface area (Å²) >= 11 is 0. The van der Waals surface area contributed by atoms with E-state index in [0.717, 1.165) is 24.8 Å². The highest BCUT2D eigenvalue weighted by atomic mass is 16.7. The van der Waals surface area contributed by atoms with Gasteiger partial charge in [0, 0.05) is 30.9 Å². The van der Waals surface area contributed by atoms with Crippen LogP contribution >= 0.6 is 0 Å². The van der Waals surface area contributed by atoms with E-state index < -0.39 is 47.5 Å². The molecule has 2 fully saturated rings. The largest absolute Gasteiger partial charge is 0.469 e. The van der Waals surface area contributed by atoms with E-state index in [0.29, 0.717) is 37.7 Å². The Hall–Kier alpha value is -3.54. The molecule has 2 saturated heterocycles. The first-order valence-corrected chi connectivity index (χ1v) is 17.6. The van der Waals surface area contributed by atoms with Gasteiger partial charge in [0.2, 0.25) is 0 Å². The first kappa shape index (κ1) is 42.6. The zero-order valence-corrected chi connectivity index (χ0v) is 31.1. The maximum Gasteiger partial charge on any atom is 0.330 e. The molecule has 11 nitrogen and oxygen atoms in total. The molecule has 0 amide bonds. The van der Waals surface area contributed by atoms with Gasteiger partial charge in [-0.3, -0.25) is 9.59 Å². The number of ether oxygens (including phenoxy) is 6. The second-order valence-corrected chi connectivity index (χ2v) is 13.4. The van der Waals surface area contributed by atoms with Gasteiger partial charge in [-0.2, -0.15) is 0 Å². The highest BCUT2D eigenvalue weighted by molar-refractivity contribution is 5.83. The minimum Gasteiger partial charge on any atom is -0.469 e. The van der Waals surface area contributed by atoms with Gasteiger partial charge in [-0.15, -0.1) is 0 Å². The Morgan fingerprint density at radius 2 is 1.58 bits per heavy atom. The number of carbonyl (C=O) groups is 4. The molecule has 7 atom stereocenters. The number of hydrogen-bond donors (Lipinski definition) is 1. The standard InChI is InChI=1S/C39H58O11/c1-9-10-22-38(50-36(43)20-19-35(42)46-7)24-25-39(49-33(38)17-13-28(3)26-37(44)47-8)23-21-30(5)32(48-39)16-12-27(2)11-15-31(40)29(4)14-18-34(41)45-6/h11-15,17-18,26,29-33,40H,9-10,16,19-25H2,1-8H3/t29-,30-,31-,32+,33-,38+,39-/m0/s1. The van der Waals surface area contributed by atoms with Crippen LogP contribution in [-0.2, 0) is 47.6 Å². The number of methoxy groups -OCH3 is 3. The second-order valence-electron chi connectivity index (χ2n) is 13.4. The molecule has 0 radical (unpaired) electrons. The van der Waals surface area contributed by atoms with Gasteiger partial charge in [0.05, 0.1) is 46.4 Å². The summed E-state index contributed by atoms with van der Waals surface area (Å²) in [4.78, 5) is 48.1. The molecular weight excluding hydrogens is 644 g/mol. The van der Waals surface area contributed by atoms with Crippen molar-refractivity contribution < 1.29 is 52.7 Å². The summed E-state index contributed by atoms with van der Waals surface area (Å²) in [6, 6.07) is 0. The van der Waals surface area contributed by atoms with Crippen LogP contribution in [-0.4, -0.2) is 80.0 Å². The minimum atomic E-state index is -0.996. The summed E-state index contributed by atoms with van der Waals surface area (Å²) in [6.45, 7) is 9.77. The molecule has 1 N–H and O–H groups in total. The van der Waals surface area contributed by atoms with Crippen molar-refractivity contribution in [1.82, 2.24) is 0 Å². The van der Waals surface area contributed by atoms with E-state index >= 15 is 0 Å². The molecule has 2 heterocycles. The number of rotatable bonds is 17. The van der Waals surface area contributed by atoms with Gasteiger partial charge in [-0.05, 0) is 57.4 Å². The molecule has 50 heavy (non-hydrogen) atoms. The van der Waals surface area contributed by atoms with Crippen molar-refractivity contribution in [1.29, 1.82) is 0 Å². The molecule has 11 heteroatoms. The van der Waals surface area contributed by atoms with Crippen LogP contribution < -0.4 is 0 Å². The van der Waals surface area contributed by atoms with Crippen molar-refractivity contribution in [3.63, 3.8) is 0 Å². The maximum absolute atomic E-state index is 13.1. The summed E-state index contributed by atoms with van der Waals surface area (Å²) in [7, 11) is 3.90. The Labute approximate surface area is 297 Å². The van der Waals surface area contributed by atoms with E-state index in [-0.39, 0.29) is 30.8 Å². The summed E-state index contributed by atoms with van der Waals surface area (Å²) in [6.07, 6.45) is 17.1. The third kappa shape index (κ3) is 13.6. The van der Waals surface area contributed by atoms with Crippen molar-refractivity contribution in [2.45, 2.75) is 129 Å². The summed E-state index contributed by atoms with van der Waals surface area (Å²) in [5, 5.41) is 10.5. The average Bonchev–Trinajstić information content (AvgIpc) is 3.11. The molecule has 0 unspecified atom stereocenters. The molecule has 0 aliphatic carbocycles. The fraction of sp³-hybridized carbons (Fsp3) is 0.641. The number of allylic oxidation sites excluding steroid dienone is 4. The fourth-order valence-corrected chi connectivity index (χ4v) is 6.02. The first-order chi connectivity index (χ1) is 23.7. The molecule has 2 aliphatic rings. The zero-order valence-electron chi connectivity index (χ0n) is 31.1. The van der Waals surface area contributed by atoms with Crippen LogP contribution in [0.15, 0.2) is 59.8 Å². The predicted molar refractivity (Wildman–Crippen MR) is 188 cm³/mol. The summed E-state index contributed by atoms with van der Waals surface area (Å²) in [5.41, 5.74) is 0.605. The Kier molecular flexibility index (Phi) is 17.9. The number of esters is 4. The van der Waals surface area contributed by atoms with Crippen molar-refractivity contribution in [3.8, 4) is 0 Å². The molecule has 0 bridgehead atoms. The molecule has 2 aliphatic heterocycles. The first-order valence-electron chi connectivity index (χ1n) is 17.6. The SMILES string of the molecule is CCCC[C@@]1(OC(=O)CCC(=O)OC)CC[C@]2(CC[C@H](C)[C@@H](CC=C(C)C=C[C@H](O)[C@@H](C)C=CC(=O)OC)O2)O[C@H]1C=CC(C)=CC(=O)OC. The Morgan fingerprint density at radius 3 is 2.24 bits per heavy atom. The van der Waals surface area contributed by atoms with E-state index in [4.69, 9.17) is 23.7 Å². The van der Waals surface area contributed by atoms with E-state index in [2.05, 4.69) is 24.7 Å². The van der Waals surface area contributed by atoms with E-state index in [9.17, 15) is 24.3 Å². The molecular formula is C39H58O11. The maximum atomic E-state index is 13.1. The molecule has 0 saturated carbocycles. The lowest BCUT2D eigenvalue weighted by atomic mass is 9.78. The highest BCUT2D eigenvalue weighted by Crippen LogP contribution is 2.48. The monoisotopic (exact) mass is 702 g/mol. The number of carbonyl (C=O) groups excluding carboxylic acids is 4. The van der Waals surface area contributed by atoms with Gasteiger partial charge >= 0.3 is 23.9 Å². The van der Waals surface area contributed by atoms with Crippen molar-refractivity contribution in [2.24, 2.45) is 11.8 Å². The van der Waals surface area contributed by atoms with Crippen molar-refractivity contribution in [2.75, 3.05) is 21.3 Å². The van der Waals surface area contributed by atoms with Gasteiger partial charge in [-0.25, -0.2) is 9.59 Å². The lowest BCUT2D eigenvalue weighted by molar-refractivity contribution is -0.344. The van der Waals surface area contributed by atoms with Crippen LogP contribution in [0.1, 0.15) is 98.8 Å². The predicted octanol–water partition coefficient (Wildman–Crippen LogP) is 6.40. The smallest absolute Gasteiger partial charge is 0.330 e. The molecule has 280 valence electrons. The van der Waals surface area contributed by atoms with Crippen LogP contribution in [0.2, 0.25) is 0 Å². The van der Waals surface area contributed by atoms with Gasteiger partial charge in [0.15, 0.2) is 5.79 Å². The van der Waals surface area contributed by atoms with Crippen LogP contribution in [0.3, 0.4) is 0 Å². The molecule has 1 spiro atoms. The lowest BCUT2D eigenvalue weighted by Gasteiger charge is -2.53. The van der Waals surface area contributed by atoms with Crippen LogP contribution in [0.25, 0.3) is 0 Å². The Bertz CT molecular complexity index is 1290. The normalized spacial score (nSPS) is 27.4. The van der Waals surface area contributed by atoms with Gasteiger partial charge in [0.1, 0.15) is 11.7 Å². The van der Waals surface area contributed by atoms with Crippen LogP contribution in [0.5, 0.6) is 0 Å². The van der Waals surface area contributed by atoms with Gasteiger partial charge in [0.25, 0.3) is 0 Å². The van der Waals surface area contributed by atoms with E-state index in [1.165, 1.54) is 33.5 Å². The summed E-state index contributed by atoms with van der Waals surface area (Å²) < 4.78 is 34.0. The molecule has 0 aromatic rings. The topological polar surface area (TPSA) is 144 Å². The quantitative estimate of drug-likeness (QED) is 0.0779. The van der Waals surface area contributed by atoms with E-state index in [1.54, 1.807) is 25.2 Å². The highest BCUT2D eigenvalue weighted by Gasteiger charge is 2.54. The number of aliphatic hydroxyl groups is 1. The molecule has 2 rings (SSSR count). The van der Waals surface area contributed by atoms with E-state index in [1.807, 2.05) is 26.0 Å². The second kappa shape index (κ2) is 21.0. The Morgan fingerprint density at radius 1 is 0.880 bits per heavy atom. The van der Waals surface area contributed by atoms with Gasteiger partial charge in [-0.1, -0.05) is 69.2 Å². The van der Waals surface area contributed by atoms with Crippen molar-refractivity contribution in [3.05, 3.63) is 59.8 Å². The van der Waals surface area contributed by atoms with Crippen LogP contribution in [0.4, 0.5) is 0 Å². The third-order valence-electron chi connectivity index (χ3n) is 9.39. The summed E-state index contributed by atoms with van der Waals surface area (Å²) in [5.74, 6) is -2.87. The third-order valence-corrected chi connectivity index (χ3v) is 9.39. The molecule has 0 aromatic carbocycles. The zero-order chi connectivity index (χ0) is 37.3.